The fraction of sp³-hybridized carbons (Fsp3) is 0.517. The Hall–Kier alpha value is -2.70. The van der Waals surface area contributed by atoms with Crippen molar-refractivity contribution in [1.82, 2.24) is 5.32 Å². The summed E-state index contributed by atoms with van der Waals surface area (Å²) in [6.45, 7) is 8.27. The molecule has 2 heterocycles. The molecule has 1 spiro atoms. The fourth-order valence-corrected chi connectivity index (χ4v) is 6.09. The van der Waals surface area contributed by atoms with Gasteiger partial charge < -0.3 is 20.3 Å². The van der Waals surface area contributed by atoms with Crippen LogP contribution in [0.4, 0.5) is 0 Å². The predicted octanol–water partition coefficient (Wildman–Crippen LogP) is 3.49. The molecule has 0 bridgehead atoms. The second-order valence-corrected chi connectivity index (χ2v) is 10.5. The van der Waals surface area contributed by atoms with Crippen LogP contribution in [0.15, 0.2) is 66.8 Å². The maximum Gasteiger partial charge on any atom is 0.331 e. The SMILES string of the molecule is C=C1[C@@H](C)C2[C@H](Cc3ccccc3)NC(=O)[C@]23OC(=O)/C=C/C(O)CCCC(C)C/C=C/[C@H]3[C@@H]1O. The molecule has 3 aliphatic rings. The second-order valence-electron chi connectivity index (χ2n) is 10.5. The first-order valence-electron chi connectivity index (χ1n) is 12.7. The van der Waals surface area contributed by atoms with E-state index >= 15 is 0 Å². The van der Waals surface area contributed by atoms with Gasteiger partial charge in [0.2, 0.25) is 5.60 Å². The van der Waals surface area contributed by atoms with E-state index in [1.807, 2.05) is 49.4 Å². The third-order valence-electron chi connectivity index (χ3n) is 8.04. The highest BCUT2D eigenvalue weighted by Gasteiger charge is 2.67. The molecule has 2 aliphatic heterocycles. The number of amides is 1. The molecule has 1 saturated carbocycles. The van der Waals surface area contributed by atoms with Crippen LogP contribution in [0.25, 0.3) is 0 Å². The van der Waals surface area contributed by atoms with Crippen LogP contribution in [0.3, 0.4) is 0 Å². The topological polar surface area (TPSA) is 95.9 Å². The highest BCUT2D eigenvalue weighted by molar-refractivity contribution is 5.94. The lowest BCUT2D eigenvalue weighted by molar-refractivity contribution is -0.182. The number of aliphatic hydroxyl groups is 2. The molecule has 6 heteroatoms. The Kier molecular flexibility index (Phi) is 7.62. The lowest BCUT2D eigenvalue weighted by Gasteiger charge is -2.49. The number of carbonyl (C=O) groups is 2. The number of hydrogen-bond acceptors (Lipinski definition) is 5. The largest absolute Gasteiger partial charge is 0.445 e. The van der Waals surface area contributed by atoms with Crippen LogP contribution in [0, 0.1) is 23.7 Å². The van der Waals surface area contributed by atoms with Crippen LogP contribution < -0.4 is 5.32 Å². The quantitative estimate of drug-likeness (QED) is 0.446. The zero-order chi connectivity index (χ0) is 25.2. The lowest BCUT2D eigenvalue weighted by Crippen LogP contribution is -2.61. The fourth-order valence-electron chi connectivity index (χ4n) is 6.09. The summed E-state index contributed by atoms with van der Waals surface area (Å²) in [5, 5.41) is 24.7. The maximum atomic E-state index is 13.7. The second kappa shape index (κ2) is 10.5. The summed E-state index contributed by atoms with van der Waals surface area (Å²) < 4.78 is 6.05. The standard InChI is InChI=1S/C29H37NO5/c1-18-9-7-13-22(31)15-16-25(32)35-29-23(14-8-10-18)27(33)20(3)19(2)26(29)24(30-28(29)34)17-21-11-5-4-6-12-21/h4-6,8,11-12,14-16,18-19,22-24,26-27,31,33H,3,7,9-10,13,17H2,1-2H3,(H,30,34)/b14-8+,16-15+/t18?,19-,22?,23+,24+,26?,27-,29-/m1/s1. The molecule has 1 amide bonds. The lowest BCUT2D eigenvalue weighted by atomic mass is 9.59. The van der Waals surface area contributed by atoms with E-state index in [-0.39, 0.29) is 17.9 Å². The van der Waals surface area contributed by atoms with Crippen LogP contribution in [0.1, 0.15) is 45.1 Å². The Bertz CT molecular complexity index is 1000. The van der Waals surface area contributed by atoms with E-state index in [9.17, 15) is 19.8 Å². The average Bonchev–Trinajstić information content (AvgIpc) is 3.09. The minimum atomic E-state index is -1.57. The number of nitrogens with one attached hydrogen (secondary N) is 1. The first-order chi connectivity index (χ1) is 16.7. The van der Waals surface area contributed by atoms with Crippen LogP contribution in [0.2, 0.25) is 0 Å². The number of hydrogen-bond donors (Lipinski definition) is 3. The van der Waals surface area contributed by atoms with Crippen LogP contribution in [0.5, 0.6) is 0 Å². The molecule has 1 aliphatic carbocycles. The summed E-state index contributed by atoms with van der Waals surface area (Å²) >= 11 is 0. The van der Waals surface area contributed by atoms with E-state index in [0.29, 0.717) is 24.3 Å². The first kappa shape index (κ1) is 25.4. The van der Waals surface area contributed by atoms with Crippen molar-refractivity contribution < 1.29 is 24.5 Å². The molecule has 2 fully saturated rings. The van der Waals surface area contributed by atoms with Crippen molar-refractivity contribution in [1.29, 1.82) is 0 Å². The van der Waals surface area contributed by atoms with Crippen LogP contribution >= 0.6 is 0 Å². The van der Waals surface area contributed by atoms with E-state index in [4.69, 9.17) is 4.74 Å². The molecule has 6 nitrogen and oxygen atoms in total. The van der Waals surface area contributed by atoms with Crippen molar-refractivity contribution in [3.63, 3.8) is 0 Å². The summed E-state index contributed by atoms with van der Waals surface area (Å²) in [4.78, 5) is 26.8. The van der Waals surface area contributed by atoms with Gasteiger partial charge in [-0.2, -0.15) is 0 Å². The van der Waals surface area contributed by atoms with Crippen molar-refractivity contribution in [3.05, 3.63) is 72.4 Å². The van der Waals surface area contributed by atoms with Crippen LogP contribution in [-0.2, 0) is 20.7 Å². The molecule has 35 heavy (non-hydrogen) atoms. The third-order valence-corrected chi connectivity index (χ3v) is 8.04. The molecule has 188 valence electrons. The number of aliphatic hydroxyl groups excluding tert-OH is 2. The number of ether oxygens (including phenoxy) is 1. The highest BCUT2D eigenvalue weighted by Crippen LogP contribution is 2.52. The number of carbonyl (C=O) groups excluding carboxylic acids is 2. The Balaban J connectivity index is 1.78. The van der Waals surface area contributed by atoms with Gasteiger partial charge in [0.05, 0.1) is 18.1 Å². The van der Waals surface area contributed by atoms with Gasteiger partial charge in [0.25, 0.3) is 5.91 Å². The highest BCUT2D eigenvalue weighted by atomic mass is 16.6. The predicted molar refractivity (Wildman–Crippen MR) is 134 cm³/mol. The smallest absolute Gasteiger partial charge is 0.331 e. The summed E-state index contributed by atoms with van der Waals surface area (Å²) in [6.07, 6.45) is 8.39. The van der Waals surface area contributed by atoms with Gasteiger partial charge in [0, 0.05) is 18.0 Å². The summed E-state index contributed by atoms with van der Waals surface area (Å²) in [6, 6.07) is 9.59. The maximum absolute atomic E-state index is 13.7. The van der Waals surface area contributed by atoms with Crippen molar-refractivity contribution in [3.8, 4) is 0 Å². The van der Waals surface area contributed by atoms with Crippen molar-refractivity contribution in [2.75, 3.05) is 0 Å². The number of esters is 1. The average molecular weight is 480 g/mol. The summed E-state index contributed by atoms with van der Waals surface area (Å²) in [5.41, 5.74) is 0.136. The first-order valence-corrected chi connectivity index (χ1v) is 12.7. The molecule has 3 N–H and O–H groups in total. The zero-order valence-corrected chi connectivity index (χ0v) is 20.6. The van der Waals surface area contributed by atoms with Gasteiger partial charge in [0.1, 0.15) is 0 Å². The van der Waals surface area contributed by atoms with Crippen molar-refractivity contribution in [2.24, 2.45) is 23.7 Å². The molecule has 1 saturated heterocycles. The number of benzene rings is 1. The van der Waals surface area contributed by atoms with Gasteiger partial charge in [-0.15, -0.1) is 0 Å². The van der Waals surface area contributed by atoms with Gasteiger partial charge in [-0.3, -0.25) is 4.79 Å². The molecule has 0 aromatic heterocycles. The van der Waals surface area contributed by atoms with E-state index < -0.39 is 35.6 Å². The molecule has 8 atom stereocenters. The minimum Gasteiger partial charge on any atom is -0.445 e. The normalized spacial score (nSPS) is 40.0. The van der Waals surface area contributed by atoms with Crippen molar-refractivity contribution >= 4 is 11.9 Å². The Morgan fingerprint density at radius 2 is 1.86 bits per heavy atom. The van der Waals surface area contributed by atoms with E-state index in [0.717, 1.165) is 24.8 Å². The molecular formula is C29H37NO5. The third kappa shape index (κ3) is 5.00. The zero-order valence-electron chi connectivity index (χ0n) is 20.6. The molecule has 1 aromatic carbocycles. The Morgan fingerprint density at radius 3 is 2.60 bits per heavy atom. The molecule has 0 radical (unpaired) electrons. The summed E-state index contributed by atoms with van der Waals surface area (Å²) in [7, 11) is 0. The monoisotopic (exact) mass is 479 g/mol. The molecule has 4 rings (SSSR count). The molecular weight excluding hydrogens is 442 g/mol. The van der Waals surface area contributed by atoms with E-state index in [1.54, 1.807) is 0 Å². The summed E-state index contributed by atoms with van der Waals surface area (Å²) in [5.74, 6) is -2.13. The van der Waals surface area contributed by atoms with Gasteiger partial charge in [-0.25, -0.2) is 4.79 Å². The number of allylic oxidation sites excluding steroid dienone is 1. The molecule has 3 unspecified atom stereocenters. The van der Waals surface area contributed by atoms with E-state index in [1.165, 1.54) is 12.2 Å². The van der Waals surface area contributed by atoms with Crippen LogP contribution in [-0.4, -0.2) is 45.9 Å². The van der Waals surface area contributed by atoms with Gasteiger partial charge in [0.15, 0.2) is 0 Å². The minimum absolute atomic E-state index is 0.262. The van der Waals surface area contributed by atoms with Gasteiger partial charge in [-0.1, -0.05) is 75.8 Å². The Morgan fingerprint density at radius 1 is 1.11 bits per heavy atom. The van der Waals surface area contributed by atoms with Crippen molar-refractivity contribution in [2.45, 2.75) is 69.8 Å². The van der Waals surface area contributed by atoms with E-state index in [2.05, 4.69) is 18.8 Å². The molecule has 1 aromatic rings. The Labute approximate surface area is 207 Å². The van der Waals surface area contributed by atoms with Gasteiger partial charge >= 0.3 is 5.97 Å². The number of rotatable bonds is 2. The van der Waals surface area contributed by atoms with Gasteiger partial charge in [-0.05, 0) is 48.3 Å².